The van der Waals surface area contributed by atoms with Crippen molar-refractivity contribution in [3.05, 3.63) is 58.7 Å². The molecule has 0 aromatic heterocycles. The summed E-state index contributed by atoms with van der Waals surface area (Å²) >= 11 is 0. The number of nitrogens with zero attached hydrogens (tertiary/aromatic N) is 1. The van der Waals surface area contributed by atoms with Crippen molar-refractivity contribution in [2.45, 2.75) is 27.7 Å². The molecule has 0 aliphatic carbocycles. The Hall–Kier alpha value is -3.19. The molecular formula is C23H29N3O4. The van der Waals surface area contributed by atoms with E-state index in [0.29, 0.717) is 17.9 Å². The van der Waals surface area contributed by atoms with E-state index in [1.807, 2.05) is 32.9 Å². The van der Waals surface area contributed by atoms with Gasteiger partial charge in [0.2, 0.25) is 11.8 Å². The van der Waals surface area contributed by atoms with Crippen molar-refractivity contribution in [2.75, 3.05) is 37.4 Å². The predicted octanol–water partition coefficient (Wildman–Crippen LogP) is 3.30. The van der Waals surface area contributed by atoms with Gasteiger partial charge in [-0.25, -0.2) is 4.79 Å². The maximum Gasteiger partial charge on any atom is 0.338 e. The quantitative estimate of drug-likeness (QED) is 0.651. The van der Waals surface area contributed by atoms with E-state index in [-0.39, 0.29) is 24.9 Å². The molecule has 160 valence electrons. The fourth-order valence-corrected chi connectivity index (χ4v) is 3.21. The SMILES string of the molecule is CCOC(=O)c1ccc(NC(=O)CN(C)CC(=O)Nc2c(C)cc(C)cc2C)cc1. The van der Waals surface area contributed by atoms with Crippen molar-refractivity contribution in [1.82, 2.24) is 4.90 Å². The Morgan fingerprint density at radius 2 is 1.43 bits per heavy atom. The molecule has 0 atom stereocenters. The third-order valence-corrected chi connectivity index (χ3v) is 4.45. The zero-order chi connectivity index (χ0) is 22.3. The summed E-state index contributed by atoms with van der Waals surface area (Å²) in [7, 11) is 1.71. The molecule has 0 bridgehead atoms. The number of rotatable bonds is 8. The van der Waals surface area contributed by atoms with Crippen molar-refractivity contribution in [3.8, 4) is 0 Å². The summed E-state index contributed by atoms with van der Waals surface area (Å²) in [5, 5.41) is 5.68. The predicted molar refractivity (Wildman–Crippen MR) is 118 cm³/mol. The molecule has 0 spiro atoms. The second kappa shape index (κ2) is 10.5. The Kier molecular flexibility index (Phi) is 8.12. The number of benzene rings is 2. The highest BCUT2D eigenvalue weighted by Gasteiger charge is 2.14. The van der Waals surface area contributed by atoms with Crippen molar-refractivity contribution in [3.63, 3.8) is 0 Å². The van der Waals surface area contributed by atoms with E-state index in [1.165, 1.54) is 0 Å². The van der Waals surface area contributed by atoms with Crippen molar-refractivity contribution in [1.29, 1.82) is 0 Å². The molecular weight excluding hydrogens is 382 g/mol. The maximum absolute atomic E-state index is 12.4. The van der Waals surface area contributed by atoms with E-state index in [9.17, 15) is 14.4 Å². The lowest BCUT2D eigenvalue weighted by molar-refractivity contribution is -0.119. The number of ether oxygens (including phenoxy) is 1. The van der Waals surface area contributed by atoms with Crippen LogP contribution in [0.4, 0.5) is 11.4 Å². The van der Waals surface area contributed by atoms with Crippen LogP contribution in [-0.4, -0.2) is 49.4 Å². The van der Waals surface area contributed by atoms with Crippen LogP contribution in [0, 0.1) is 20.8 Å². The van der Waals surface area contributed by atoms with Gasteiger partial charge in [0.25, 0.3) is 0 Å². The molecule has 2 aromatic rings. The number of nitrogens with one attached hydrogen (secondary N) is 2. The van der Waals surface area contributed by atoms with Crippen LogP contribution in [0.25, 0.3) is 0 Å². The molecule has 0 unspecified atom stereocenters. The Balaban J connectivity index is 1.85. The second-order valence-corrected chi connectivity index (χ2v) is 7.34. The van der Waals surface area contributed by atoms with E-state index >= 15 is 0 Å². The molecule has 0 aliphatic rings. The van der Waals surface area contributed by atoms with Gasteiger partial charge in [-0.3, -0.25) is 14.5 Å². The van der Waals surface area contributed by atoms with Crippen LogP contribution in [0.2, 0.25) is 0 Å². The molecule has 2 aromatic carbocycles. The summed E-state index contributed by atoms with van der Waals surface area (Å²) in [5.41, 5.74) is 4.96. The minimum Gasteiger partial charge on any atom is -0.462 e. The van der Waals surface area contributed by atoms with E-state index in [2.05, 4.69) is 10.6 Å². The molecule has 2 amide bonds. The first-order valence-corrected chi connectivity index (χ1v) is 9.83. The van der Waals surface area contributed by atoms with Crippen LogP contribution in [0.1, 0.15) is 34.0 Å². The molecule has 0 radical (unpaired) electrons. The third-order valence-electron chi connectivity index (χ3n) is 4.45. The van der Waals surface area contributed by atoms with Gasteiger partial charge < -0.3 is 15.4 Å². The molecule has 0 aliphatic heterocycles. The summed E-state index contributed by atoms with van der Waals surface area (Å²) in [6, 6.07) is 10.5. The molecule has 30 heavy (non-hydrogen) atoms. The number of esters is 1. The number of aryl methyl sites for hydroxylation is 3. The third kappa shape index (κ3) is 6.70. The van der Waals surface area contributed by atoms with E-state index < -0.39 is 5.97 Å². The van der Waals surface area contributed by atoms with Gasteiger partial charge in [0.05, 0.1) is 25.3 Å². The van der Waals surface area contributed by atoms with Gasteiger partial charge in [0.15, 0.2) is 0 Å². The largest absolute Gasteiger partial charge is 0.462 e. The maximum atomic E-state index is 12.4. The van der Waals surface area contributed by atoms with Crippen molar-refractivity contribution in [2.24, 2.45) is 0 Å². The first-order valence-electron chi connectivity index (χ1n) is 9.83. The second-order valence-electron chi connectivity index (χ2n) is 7.34. The summed E-state index contributed by atoms with van der Waals surface area (Å²) in [6.45, 7) is 8.12. The number of carbonyl (C=O) groups excluding carboxylic acids is 3. The minimum atomic E-state index is -0.403. The summed E-state index contributed by atoms with van der Waals surface area (Å²) in [6.07, 6.45) is 0. The van der Waals surface area contributed by atoms with Crippen LogP contribution in [-0.2, 0) is 14.3 Å². The van der Waals surface area contributed by atoms with Gasteiger partial charge >= 0.3 is 5.97 Å². The molecule has 2 rings (SSSR count). The topological polar surface area (TPSA) is 87.7 Å². The first kappa shape index (κ1) is 23.1. The van der Waals surface area contributed by atoms with Crippen LogP contribution in [0.15, 0.2) is 36.4 Å². The zero-order valence-corrected chi connectivity index (χ0v) is 18.2. The van der Waals surface area contributed by atoms with Gasteiger partial charge in [-0.05, 0) is 70.1 Å². The highest BCUT2D eigenvalue weighted by atomic mass is 16.5. The molecule has 2 N–H and O–H groups in total. The van der Waals surface area contributed by atoms with Gasteiger partial charge in [-0.2, -0.15) is 0 Å². The monoisotopic (exact) mass is 411 g/mol. The smallest absolute Gasteiger partial charge is 0.338 e. The van der Waals surface area contributed by atoms with Crippen molar-refractivity contribution < 1.29 is 19.1 Å². The number of amides is 2. The molecule has 0 fully saturated rings. The Bertz CT molecular complexity index is 900. The standard InChI is InChI=1S/C23H29N3O4/c1-6-30-23(29)18-7-9-19(10-8-18)24-20(27)13-26(5)14-21(28)25-22-16(3)11-15(2)12-17(22)4/h7-12H,6,13-14H2,1-5H3,(H,24,27)(H,25,28). The van der Waals surface area contributed by atoms with Gasteiger partial charge in [-0.15, -0.1) is 0 Å². The number of anilines is 2. The summed E-state index contributed by atoms with van der Waals surface area (Å²) < 4.78 is 4.93. The molecule has 0 saturated heterocycles. The highest BCUT2D eigenvalue weighted by Crippen LogP contribution is 2.21. The average Bonchev–Trinajstić information content (AvgIpc) is 2.65. The fraction of sp³-hybridized carbons (Fsp3) is 0.348. The molecule has 7 heteroatoms. The van der Waals surface area contributed by atoms with Gasteiger partial charge in [0, 0.05) is 11.4 Å². The lowest BCUT2D eigenvalue weighted by Crippen LogP contribution is -2.36. The molecule has 7 nitrogen and oxygen atoms in total. The van der Waals surface area contributed by atoms with Crippen LogP contribution < -0.4 is 10.6 Å². The number of likely N-dealkylation sites (N-methyl/N-ethyl adjacent to an activating group) is 1. The normalized spacial score (nSPS) is 10.6. The van der Waals surface area contributed by atoms with Crippen LogP contribution >= 0.6 is 0 Å². The summed E-state index contributed by atoms with van der Waals surface area (Å²) in [4.78, 5) is 37.9. The van der Waals surface area contributed by atoms with Crippen molar-refractivity contribution >= 4 is 29.2 Å². The number of hydrogen-bond donors (Lipinski definition) is 2. The molecule has 0 heterocycles. The Morgan fingerprint density at radius 3 is 1.97 bits per heavy atom. The Morgan fingerprint density at radius 1 is 0.900 bits per heavy atom. The lowest BCUT2D eigenvalue weighted by Gasteiger charge is -2.18. The van der Waals surface area contributed by atoms with Crippen LogP contribution in [0.5, 0.6) is 0 Å². The van der Waals surface area contributed by atoms with E-state index in [4.69, 9.17) is 4.74 Å². The zero-order valence-electron chi connectivity index (χ0n) is 18.2. The number of carbonyl (C=O) groups is 3. The Labute approximate surface area is 177 Å². The highest BCUT2D eigenvalue weighted by molar-refractivity contribution is 5.96. The minimum absolute atomic E-state index is 0.0545. The van der Waals surface area contributed by atoms with Gasteiger partial charge in [0.1, 0.15) is 0 Å². The molecule has 0 saturated carbocycles. The van der Waals surface area contributed by atoms with E-state index in [1.54, 1.807) is 43.1 Å². The first-order chi connectivity index (χ1) is 14.2. The van der Waals surface area contributed by atoms with Crippen LogP contribution in [0.3, 0.4) is 0 Å². The fourth-order valence-electron chi connectivity index (χ4n) is 3.21. The average molecular weight is 412 g/mol. The number of hydrogen-bond acceptors (Lipinski definition) is 5. The van der Waals surface area contributed by atoms with E-state index in [0.717, 1.165) is 22.4 Å². The van der Waals surface area contributed by atoms with Gasteiger partial charge in [-0.1, -0.05) is 17.7 Å². The summed E-state index contributed by atoms with van der Waals surface area (Å²) in [5.74, 6) is -0.837. The lowest BCUT2D eigenvalue weighted by atomic mass is 10.1.